The van der Waals surface area contributed by atoms with Gasteiger partial charge >= 0.3 is 6.61 Å². The summed E-state index contributed by atoms with van der Waals surface area (Å²) in [5.41, 5.74) is 0.764. The largest absolute Gasteiger partial charge is 0.493 e. The van der Waals surface area contributed by atoms with Crippen LogP contribution in [0.25, 0.3) is 0 Å². The first-order valence-corrected chi connectivity index (χ1v) is 8.08. The zero-order chi connectivity index (χ0) is 18.2. The minimum Gasteiger partial charge on any atom is -0.493 e. The zero-order valence-electron chi connectivity index (χ0n) is 13.0. The maximum atomic E-state index is 12.1. The molecule has 4 nitrogen and oxygen atoms in total. The summed E-state index contributed by atoms with van der Waals surface area (Å²) in [6.45, 7) is -2.40. The van der Waals surface area contributed by atoms with Crippen molar-refractivity contribution in [2.24, 2.45) is 0 Å². The number of rotatable bonds is 8. The summed E-state index contributed by atoms with van der Waals surface area (Å²) in [6.07, 6.45) is 0.160. The van der Waals surface area contributed by atoms with Crippen molar-refractivity contribution >= 4 is 29.1 Å². The Morgan fingerprint density at radius 3 is 2.36 bits per heavy atom. The van der Waals surface area contributed by atoms with Gasteiger partial charge in [0, 0.05) is 12.6 Å². The summed E-state index contributed by atoms with van der Waals surface area (Å²) in [5.74, 6) is 0.393. The van der Waals surface area contributed by atoms with Gasteiger partial charge in [0.1, 0.15) is 11.5 Å². The number of carbonyl (C=O) groups excluding carboxylic acids is 1. The van der Waals surface area contributed by atoms with E-state index in [2.05, 4.69) is 10.1 Å². The Morgan fingerprint density at radius 1 is 1.04 bits per heavy atom. The molecular weight excluding hydrogens is 375 g/mol. The SMILES string of the molecule is O=C(CCOc1ccc(Cl)c(Cl)c1)NCc1ccc(OC(F)F)cc1. The van der Waals surface area contributed by atoms with E-state index in [-0.39, 0.29) is 31.2 Å². The number of amides is 1. The van der Waals surface area contributed by atoms with Crippen LogP contribution in [0.1, 0.15) is 12.0 Å². The van der Waals surface area contributed by atoms with Crippen molar-refractivity contribution in [1.82, 2.24) is 5.32 Å². The monoisotopic (exact) mass is 389 g/mol. The standard InChI is InChI=1S/C17H15Cl2F2NO3/c18-14-6-5-13(9-15(14)19)24-8-7-16(23)22-10-11-1-3-12(4-2-11)25-17(20)21/h1-6,9,17H,7-8,10H2,(H,22,23). The summed E-state index contributed by atoms with van der Waals surface area (Å²) in [6, 6.07) is 10.9. The number of carbonyl (C=O) groups is 1. The average Bonchev–Trinajstić information content (AvgIpc) is 2.57. The van der Waals surface area contributed by atoms with E-state index in [1.165, 1.54) is 12.1 Å². The molecule has 0 saturated heterocycles. The molecule has 2 rings (SSSR count). The quantitative estimate of drug-likeness (QED) is 0.712. The first-order valence-electron chi connectivity index (χ1n) is 7.32. The number of nitrogens with one attached hydrogen (secondary N) is 1. The van der Waals surface area contributed by atoms with Gasteiger partial charge in [-0.25, -0.2) is 0 Å². The van der Waals surface area contributed by atoms with Crippen LogP contribution < -0.4 is 14.8 Å². The molecule has 0 aromatic heterocycles. The fourth-order valence-corrected chi connectivity index (χ4v) is 2.19. The van der Waals surface area contributed by atoms with Crippen molar-refractivity contribution in [2.75, 3.05) is 6.61 Å². The van der Waals surface area contributed by atoms with E-state index in [1.54, 1.807) is 30.3 Å². The maximum Gasteiger partial charge on any atom is 0.387 e. The highest BCUT2D eigenvalue weighted by Gasteiger charge is 2.06. The number of halogens is 4. The van der Waals surface area contributed by atoms with Gasteiger partial charge in [0.25, 0.3) is 0 Å². The van der Waals surface area contributed by atoms with Crippen LogP contribution in [0.2, 0.25) is 10.0 Å². The summed E-state index contributed by atoms with van der Waals surface area (Å²) in [7, 11) is 0. The normalized spacial score (nSPS) is 10.6. The lowest BCUT2D eigenvalue weighted by Gasteiger charge is -2.09. The van der Waals surface area contributed by atoms with Crippen molar-refractivity contribution in [3.8, 4) is 11.5 Å². The second-order valence-corrected chi connectivity index (χ2v) is 5.79. The molecule has 134 valence electrons. The van der Waals surface area contributed by atoms with Crippen LogP contribution in [-0.4, -0.2) is 19.1 Å². The lowest BCUT2D eigenvalue weighted by Crippen LogP contribution is -2.24. The highest BCUT2D eigenvalue weighted by Crippen LogP contribution is 2.26. The van der Waals surface area contributed by atoms with E-state index in [0.29, 0.717) is 15.8 Å². The molecule has 25 heavy (non-hydrogen) atoms. The van der Waals surface area contributed by atoms with Crippen molar-refractivity contribution < 1.29 is 23.0 Å². The maximum absolute atomic E-state index is 12.1. The Bertz CT molecular complexity index is 712. The number of benzene rings is 2. The van der Waals surface area contributed by atoms with Gasteiger partial charge in [0.2, 0.25) is 5.91 Å². The first kappa shape index (κ1) is 19.3. The molecular formula is C17H15Cl2F2NO3. The third kappa shape index (κ3) is 6.76. The molecule has 1 N–H and O–H groups in total. The smallest absolute Gasteiger partial charge is 0.387 e. The molecule has 0 saturated carbocycles. The number of hydrogen-bond donors (Lipinski definition) is 1. The average molecular weight is 390 g/mol. The van der Waals surface area contributed by atoms with Crippen molar-refractivity contribution in [3.63, 3.8) is 0 Å². The summed E-state index contributed by atoms with van der Waals surface area (Å²) in [5, 5.41) is 3.52. The molecule has 0 aliphatic rings. The molecule has 0 radical (unpaired) electrons. The molecule has 8 heteroatoms. The number of alkyl halides is 2. The Labute approximate surface area is 153 Å². The van der Waals surface area contributed by atoms with E-state index in [1.807, 2.05) is 0 Å². The molecule has 0 unspecified atom stereocenters. The Morgan fingerprint density at radius 2 is 1.72 bits per heavy atom. The summed E-state index contributed by atoms with van der Waals surface area (Å²) < 4.78 is 33.8. The van der Waals surface area contributed by atoms with Crippen LogP contribution >= 0.6 is 23.2 Å². The number of ether oxygens (including phenoxy) is 2. The van der Waals surface area contributed by atoms with Crippen LogP contribution in [0, 0.1) is 0 Å². The van der Waals surface area contributed by atoms with E-state index in [4.69, 9.17) is 27.9 Å². The number of hydrogen-bond acceptors (Lipinski definition) is 3. The first-order chi connectivity index (χ1) is 11.9. The molecule has 1 amide bonds. The summed E-state index contributed by atoms with van der Waals surface area (Å²) >= 11 is 11.7. The highest BCUT2D eigenvalue weighted by atomic mass is 35.5. The Kier molecular flexibility index (Phi) is 7.28. The van der Waals surface area contributed by atoms with Gasteiger partial charge in [0.05, 0.1) is 23.1 Å². The van der Waals surface area contributed by atoms with Crippen molar-refractivity contribution in [3.05, 3.63) is 58.1 Å². The van der Waals surface area contributed by atoms with Gasteiger partial charge in [-0.1, -0.05) is 35.3 Å². The van der Waals surface area contributed by atoms with E-state index in [0.717, 1.165) is 5.56 Å². The van der Waals surface area contributed by atoms with E-state index < -0.39 is 6.61 Å². The molecule has 0 fully saturated rings. The second-order valence-electron chi connectivity index (χ2n) is 4.97. The van der Waals surface area contributed by atoms with E-state index in [9.17, 15) is 13.6 Å². The summed E-state index contributed by atoms with van der Waals surface area (Å²) in [4.78, 5) is 11.8. The Balaban J connectivity index is 1.70. The minimum atomic E-state index is -2.86. The molecule has 0 aliphatic carbocycles. The van der Waals surface area contributed by atoms with Crippen LogP contribution in [0.5, 0.6) is 11.5 Å². The fraction of sp³-hybridized carbons (Fsp3) is 0.235. The molecule has 0 aliphatic heterocycles. The third-order valence-corrected chi connectivity index (χ3v) is 3.87. The minimum absolute atomic E-state index is 0.0695. The molecule has 0 bridgehead atoms. The van der Waals surface area contributed by atoms with Crippen LogP contribution in [0.15, 0.2) is 42.5 Å². The van der Waals surface area contributed by atoms with Gasteiger partial charge in [-0.3, -0.25) is 4.79 Å². The van der Waals surface area contributed by atoms with Gasteiger partial charge in [-0.05, 0) is 29.8 Å². The van der Waals surface area contributed by atoms with Gasteiger partial charge in [-0.2, -0.15) is 8.78 Å². The lowest BCUT2D eigenvalue weighted by atomic mass is 10.2. The molecule has 2 aromatic carbocycles. The molecule has 0 atom stereocenters. The zero-order valence-corrected chi connectivity index (χ0v) is 14.5. The highest BCUT2D eigenvalue weighted by molar-refractivity contribution is 6.42. The van der Waals surface area contributed by atoms with Crippen LogP contribution in [-0.2, 0) is 11.3 Å². The lowest BCUT2D eigenvalue weighted by molar-refractivity contribution is -0.121. The van der Waals surface area contributed by atoms with Crippen molar-refractivity contribution in [2.45, 2.75) is 19.6 Å². The fourth-order valence-electron chi connectivity index (χ4n) is 1.91. The Hall–Kier alpha value is -2.05. The van der Waals surface area contributed by atoms with Gasteiger partial charge < -0.3 is 14.8 Å². The molecule has 0 heterocycles. The molecule has 2 aromatic rings. The molecule has 0 spiro atoms. The van der Waals surface area contributed by atoms with Gasteiger partial charge in [-0.15, -0.1) is 0 Å². The van der Waals surface area contributed by atoms with E-state index >= 15 is 0 Å². The second kappa shape index (κ2) is 9.44. The van der Waals surface area contributed by atoms with Gasteiger partial charge in [0.15, 0.2) is 0 Å². The van der Waals surface area contributed by atoms with Crippen LogP contribution in [0.4, 0.5) is 8.78 Å². The predicted octanol–water partition coefficient (Wildman–Crippen LogP) is 4.68. The third-order valence-electron chi connectivity index (χ3n) is 3.13. The predicted molar refractivity (Wildman–Crippen MR) is 91.5 cm³/mol. The van der Waals surface area contributed by atoms with Crippen molar-refractivity contribution in [1.29, 1.82) is 0 Å². The van der Waals surface area contributed by atoms with Crippen LogP contribution in [0.3, 0.4) is 0 Å². The topological polar surface area (TPSA) is 47.6 Å².